The number of hydrogen-bond acceptors (Lipinski definition) is 3. The number of hydrogen-bond donors (Lipinski definition) is 0. The number of nitrogens with zero attached hydrogens (tertiary/aromatic N) is 2. The van der Waals surface area contributed by atoms with Gasteiger partial charge in [0.2, 0.25) is 0 Å². The number of rotatable bonds is 1. The van der Waals surface area contributed by atoms with E-state index in [0.717, 1.165) is 16.9 Å². The van der Waals surface area contributed by atoms with Crippen molar-refractivity contribution < 1.29 is 4.52 Å². The minimum absolute atomic E-state index is 0.717. The Morgan fingerprint density at radius 2 is 1.93 bits per heavy atom. The second-order valence-corrected chi connectivity index (χ2v) is 2.82. The molecule has 1 heterocycles. The zero-order valence-electron chi connectivity index (χ0n) is 7.77. The Morgan fingerprint density at radius 3 is 2.53 bits per heavy atom. The summed E-state index contributed by atoms with van der Waals surface area (Å²) in [5.41, 5.74) is 1.75. The van der Waals surface area contributed by atoms with Gasteiger partial charge in [0.15, 0.2) is 11.8 Å². The molecule has 1 aromatic carbocycles. The van der Waals surface area contributed by atoms with E-state index in [1.54, 1.807) is 18.3 Å². The predicted molar refractivity (Wildman–Crippen MR) is 54.4 cm³/mol. The van der Waals surface area contributed by atoms with Crippen molar-refractivity contribution in [3.63, 3.8) is 0 Å². The monoisotopic (exact) mass is 194 g/mol. The molecule has 0 saturated heterocycles. The summed E-state index contributed by atoms with van der Waals surface area (Å²) in [5, 5.41) is 11.9. The maximum absolute atomic E-state index is 8.29. The highest BCUT2D eigenvalue weighted by molar-refractivity contribution is 5.58. The Morgan fingerprint density at radius 1 is 1.13 bits per heavy atom. The fraction of sp³-hybridized carbons (Fsp3) is 0. The quantitative estimate of drug-likeness (QED) is 0.654. The summed E-state index contributed by atoms with van der Waals surface area (Å²) >= 11 is 0. The molecule has 0 atom stereocenters. The van der Waals surface area contributed by atoms with Gasteiger partial charge in [-0.05, 0) is 24.3 Å². The van der Waals surface area contributed by atoms with E-state index in [1.165, 1.54) is 0 Å². The maximum Gasteiger partial charge on any atom is 0.166 e. The second kappa shape index (κ2) is 4.13. The summed E-state index contributed by atoms with van der Waals surface area (Å²) in [4.78, 5) is 0. The first kappa shape index (κ1) is 9.05. The van der Waals surface area contributed by atoms with E-state index in [4.69, 9.17) is 9.78 Å². The van der Waals surface area contributed by atoms with Crippen LogP contribution in [0, 0.1) is 23.2 Å². The van der Waals surface area contributed by atoms with Crippen molar-refractivity contribution in [1.29, 1.82) is 5.26 Å². The van der Waals surface area contributed by atoms with Crippen molar-refractivity contribution >= 4 is 0 Å². The Balaban J connectivity index is 2.30. The molecule has 0 spiro atoms. The second-order valence-electron chi connectivity index (χ2n) is 2.82. The third-order valence-corrected chi connectivity index (χ3v) is 1.87. The molecule has 2 rings (SSSR count). The Hall–Kier alpha value is -2.52. The maximum atomic E-state index is 8.29. The van der Waals surface area contributed by atoms with Crippen LogP contribution >= 0.6 is 0 Å². The summed E-state index contributed by atoms with van der Waals surface area (Å²) in [5.74, 6) is 5.77. The van der Waals surface area contributed by atoms with E-state index >= 15 is 0 Å². The molecule has 3 heteroatoms. The van der Waals surface area contributed by atoms with Crippen LogP contribution in [-0.2, 0) is 0 Å². The van der Waals surface area contributed by atoms with Gasteiger partial charge in [-0.15, -0.1) is 0 Å². The van der Waals surface area contributed by atoms with Crippen molar-refractivity contribution in [1.82, 2.24) is 5.16 Å². The van der Waals surface area contributed by atoms with Gasteiger partial charge in [0.25, 0.3) is 0 Å². The van der Waals surface area contributed by atoms with Crippen LogP contribution in [0.15, 0.2) is 41.1 Å². The van der Waals surface area contributed by atoms with Crippen LogP contribution < -0.4 is 0 Å². The number of nitriles is 1. The standard InChI is InChI=1S/C12H6N2O/c13-8-1-2-10-3-5-11(6-4-10)12-7-9-14-15-12/h3-7,9H. The Labute approximate surface area is 86.9 Å². The Kier molecular flexibility index (Phi) is 2.49. The smallest absolute Gasteiger partial charge is 0.166 e. The lowest BCUT2D eigenvalue weighted by molar-refractivity contribution is 0.432. The van der Waals surface area contributed by atoms with E-state index in [9.17, 15) is 0 Å². The van der Waals surface area contributed by atoms with Gasteiger partial charge in [0, 0.05) is 23.1 Å². The van der Waals surface area contributed by atoms with E-state index in [0.29, 0.717) is 0 Å². The summed E-state index contributed by atoms with van der Waals surface area (Å²) in [7, 11) is 0. The third kappa shape index (κ3) is 2.04. The molecule has 0 N–H and O–H groups in total. The average molecular weight is 194 g/mol. The molecule has 0 amide bonds. The van der Waals surface area contributed by atoms with E-state index in [-0.39, 0.29) is 0 Å². The molecule has 15 heavy (non-hydrogen) atoms. The highest BCUT2D eigenvalue weighted by atomic mass is 16.5. The molecule has 0 radical (unpaired) electrons. The summed E-state index contributed by atoms with van der Waals surface area (Å²) in [6, 6.07) is 11.0. The first-order chi connectivity index (χ1) is 7.40. The molecule has 3 nitrogen and oxygen atoms in total. The lowest BCUT2D eigenvalue weighted by Gasteiger charge is -1.94. The van der Waals surface area contributed by atoms with Gasteiger partial charge in [-0.3, -0.25) is 0 Å². The largest absolute Gasteiger partial charge is 0.356 e. The molecule has 0 aliphatic heterocycles. The fourth-order valence-electron chi connectivity index (χ4n) is 1.18. The molecule has 1 aromatic heterocycles. The predicted octanol–water partition coefficient (Wildman–Crippen LogP) is 2.22. The molecule has 70 valence electrons. The number of aromatic nitrogens is 1. The van der Waals surface area contributed by atoms with Crippen molar-refractivity contribution in [2.75, 3.05) is 0 Å². The van der Waals surface area contributed by atoms with Crippen molar-refractivity contribution in [2.45, 2.75) is 0 Å². The van der Waals surface area contributed by atoms with E-state index in [1.807, 2.05) is 24.3 Å². The summed E-state index contributed by atoms with van der Waals surface area (Å²) in [6.45, 7) is 0. The molecule has 0 saturated carbocycles. The molecule has 0 unspecified atom stereocenters. The molecular weight excluding hydrogens is 188 g/mol. The van der Waals surface area contributed by atoms with Crippen LogP contribution in [0.5, 0.6) is 0 Å². The van der Waals surface area contributed by atoms with Gasteiger partial charge in [0.05, 0.1) is 6.20 Å². The average Bonchev–Trinajstić information content (AvgIpc) is 2.80. The van der Waals surface area contributed by atoms with Gasteiger partial charge in [0.1, 0.15) is 0 Å². The lowest BCUT2D eigenvalue weighted by atomic mass is 10.1. The number of benzene rings is 1. The van der Waals surface area contributed by atoms with Gasteiger partial charge < -0.3 is 4.52 Å². The van der Waals surface area contributed by atoms with Gasteiger partial charge in [-0.2, -0.15) is 5.26 Å². The SMILES string of the molecule is N#CC#Cc1ccc(-c2ccno2)cc1. The van der Waals surface area contributed by atoms with Crippen LogP contribution in [0.4, 0.5) is 0 Å². The van der Waals surface area contributed by atoms with Crippen LogP contribution in [0.1, 0.15) is 5.56 Å². The lowest BCUT2D eigenvalue weighted by Crippen LogP contribution is -1.76. The molecule has 0 aliphatic carbocycles. The first-order valence-corrected chi connectivity index (χ1v) is 4.31. The van der Waals surface area contributed by atoms with Crippen molar-refractivity contribution in [3.05, 3.63) is 42.1 Å². The van der Waals surface area contributed by atoms with Crippen LogP contribution in [0.25, 0.3) is 11.3 Å². The minimum atomic E-state index is 0.717. The van der Waals surface area contributed by atoms with Gasteiger partial charge in [-0.1, -0.05) is 11.1 Å². The topological polar surface area (TPSA) is 49.8 Å². The molecule has 0 fully saturated rings. The van der Waals surface area contributed by atoms with Crippen LogP contribution in [0.2, 0.25) is 0 Å². The van der Waals surface area contributed by atoms with E-state index < -0.39 is 0 Å². The van der Waals surface area contributed by atoms with Gasteiger partial charge in [-0.25, -0.2) is 0 Å². The molecular formula is C12H6N2O. The zero-order valence-corrected chi connectivity index (χ0v) is 7.77. The zero-order chi connectivity index (χ0) is 10.5. The fourth-order valence-corrected chi connectivity index (χ4v) is 1.18. The minimum Gasteiger partial charge on any atom is -0.356 e. The van der Waals surface area contributed by atoms with Crippen LogP contribution in [0.3, 0.4) is 0 Å². The molecule has 0 bridgehead atoms. The van der Waals surface area contributed by atoms with Crippen molar-refractivity contribution in [3.8, 4) is 29.2 Å². The summed E-state index contributed by atoms with van der Waals surface area (Å²) < 4.78 is 5.00. The normalized spacial score (nSPS) is 8.73. The first-order valence-electron chi connectivity index (χ1n) is 4.31. The highest BCUT2D eigenvalue weighted by Crippen LogP contribution is 2.18. The highest BCUT2D eigenvalue weighted by Gasteiger charge is 1.99. The molecule has 0 aliphatic rings. The third-order valence-electron chi connectivity index (χ3n) is 1.87. The van der Waals surface area contributed by atoms with Gasteiger partial charge >= 0.3 is 0 Å². The van der Waals surface area contributed by atoms with Crippen molar-refractivity contribution in [2.24, 2.45) is 0 Å². The Bertz CT molecular complexity index is 536. The summed E-state index contributed by atoms with van der Waals surface area (Å²) in [6.07, 6.45) is 1.60. The van der Waals surface area contributed by atoms with Crippen LogP contribution in [-0.4, -0.2) is 5.16 Å². The van der Waals surface area contributed by atoms with E-state index in [2.05, 4.69) is 17.0 Å². The molecule has 2 aromatic rings.